The third kappa shape index (κ3) is 6.79. The third-order valence-electron chi connectivity index (χ3n) is 2.60. The average molecular weight is 230 g/mol. The van der Waals surface area contributed by atoms with Crippen LogP contribution in [-0.2, 0) is 4.79 Å². The van der Waals surface area contributed by atoms with E-state index in [4.69, 9.17) is 0 Å². The van der Waals surface area contributed by atoms with Gasteiger partial charge in [-0.25, -0.2) is 0 Å². The molecule has 1 aliphatic rings. The van der Waals surface area contributed by atoms with Crippen LogP contribution < -0.4 is 10.6 Å². The van der Waals surface area contributed by atoms with Crippen molar-refractivity contribution >= 4 is 17.7 Å². The molecule has 0 heterocycles. The summed E-state index contributed by atoms with van der Waals surface area (Å²) in [4.78, 5) is 11.3. The van der Waals surface area contributed by atoms with Gasteiger partial charge >= 0.3 is 0 Å². The first-order valence-corrected chi connectivity index (χ1v) is 7.04. The Hall–Kier alpha value is -0.220. The molecule has 1 fully saturated rings. The van der Waals surface area contributed by atoms with Crippen LogP contribution in [0.4, 0.5) is 0 Å². The van der Waals surface area contributed by atoms with Crippen molar-refractivity contribution in [2.75, 3.05) is 19.3 Å². The second-order valence-corrected chi connectivity index (χ2v) is 5.45. The fourth-order valence-corrected chi connectivity index (χ4v) is 1.63. The lowest BCUT2D eigenvalue weighted by Gasteiger charge is -2.08. The number of hydrogen-bond donors (Lipinski definition) is 2. The molecular weight excluding hydrogens is 208 g/mol. The van der Waals surface area contributed by atoms with Crippen molar-refractivity contribution in [3.8, 4) is 0 Å². The number of rotatable bonds is 8. The highest BCUT2D eigenvalue weighted by Crippen LogP contribution is 2.18. The summed E-state index contributed by atoms with van der Waals surface area (Å²) in [6, 6.07) is 0.494. The summed E-state index contributed by atoms with van der Waals surface area (Å²) in [5.41, 5.74) is 0. The molecule has 0 aromatic rings. The predicted molar refractivity (Wildman–Crippen MR) is 66.2 cm³/mol. The van der Waals surface area contributed by atoms with Gasteiger partial charge in [-0.15, -0.1) is 0 Å². The molecule has 0 bridgehead atoms. The Morgan fingerprint density at radius 2 is 2.20 bits per heavy atom. The van der Waals surface area contributed by atoms with Crippen molar-refractivity contribution in [3.05, 3.63) is 0 Å². The minimum absolute atomic E-state index is 0.197. The van der Waals surface area contributed by atoms with Crippen molar-refractivity contribution in [2.24, 2.45) is 0 Å². The lowest BCUT2D eigenvalue weighted by atomic mass is 10.3. The van der Waals surface area contributed by atoms with Gasteiger partial charge in [-0.05, 0) is 32.1 Å². The highest BCUT2D eigenvalue weighted by atomic mass is 32.2. The third-order valence-corrected chi connectivity index (χ3v) is 3.64. The Bertz CT molecular complexity index is 195. The Morgan fingerprint density at radius 1 is 1.47 bits per heavy atom. The average Bonchev–Trinajstić information content (AvgIpc) is 3.00. The summed E-state index contributed by atoms with van der Waals surface area (Å²) < 4.78 is 0. The zero-order valence-corrected chi connectivity index (χ0v) is 10.5. The molecule has 3 nitrogen and oxygen atoms in total. The zero-order valence-electron chi connectivity index (χ0n) is 9.71. The lowest BCUT2D eigenvalue weighted by molar-refractivity contribution is -0.121. The quantitative estimate of drug-likeness (QED) is 0.619. The van der Waals surface area contributed by atoms with Gasteiger partial charge in [-0.3, -0.25) is 4.79 Å². The number of nitrogens with one attached hydrogen (secondary N) is 2. The Kier molecular flexibility index (Phi) is 6.10. The van der Waals surface area contributed by atoms with Crippen molar-refractivity contribution in [3.63, 3.8) is 0 Å². The van der Waals surface area contributed by atoms with E-state index in [0.29, 0.717) is 17.7 Å². The molecule has 1 unspecified atom stereocenters. The van der Waals surface area contributed by atoms with Crippen LogP contribution in [0.2, 0.25) is 0 Å². The molecule has 1 amide bonds. The van der Waals surface area contributed by atoms with Crippen molar-refractivity contribution < 1.29 is 4.79 Å². The van der Waals surface area contributed by atoms with Crippen LogP contribution in [0.15, 0.2) is 0 Å². The second-order valence-electron chi connectivity index (χ2n) is 4.18. The van der Waals surface area contributed by atoms with Gasteiger partial charge in [-0.2, -0.15) is 11.8 Å². The molecule has 0 aromatic carbocycles. The molecule has 88 valence electrons. The van der Waals surface area contributed by atoms with Crippen LogP contribution in [0.25, 0.3) is 0 Å². The van der Waals surface area contributed by atoms with Gasteiger partial charge in [0.05, 0.1) is 0 Å². The largest absolute Gasteiger partial charge is 0.353 e. The van der Waals surface area contributed by atoms with Crippen LogP contribution in [0.1, 0.15) is 32.6 Å². The van der Waals surface area contributed by atoms with Crippen LogP contribution in [0, 0.1) is 0 Å². The molecule has 4 heteroatoms. The van der Waals surface area contributed by atoms with Crippen molar-refractivity contribution in [1.82, 2.24) is 10.6 Å². The van der Waals surface area contributed by atoms with Gasteiger partial charge in [-0.1, -0.05) is 6.92 Å². The van der Waals surface area contributed by atoms with Crippen molar-refractivity contribution in [1.29, 1.82) is 0 Å². The molecule has 1 rings (SSSR count). The fourth-order valence-electron chi connectivity index (χ4n) is 1.28. The minimum atomic E-state index is 0.197. The lowest BCUT2D eigenvalue weighted by Crippen LogP contribution is -2.29. The minimum Gasteiger partial charge on any atom is -0.353 e. The maximum Gasteiger partial charge on any atom is 0.221 e. The van der Waals surface area contributed by atoms with Crippen LogP contribution in [0.5, 0.6) is 0 Å². The topological polar surface area (TPSA) is 41.1 Å². The van der Waals surface area contributed by atoms with E-state index in [1.165, 1.54) is 19.3 Å². The standard InChI is InChI=1S/C11H22N2OS/c1-9(15-2)5-7-12-8-6-11(14)13-10-3-4-10/h9-10,12H,3-8H2,1-2H3,(H,13,14). The molecule has 0 spiro atoms. The molecule has 0 aliphatic heterocycles. The second kappa shape index (κ2) is 7.12. The highest BCUT2D eigenvalue weighted by Gasteiger charge is 2.22. The van der Waals surface area contributed by atoms with Crippen LogP contribution in [0.3, 0.4) is 0 Å². The Labute approximate surface area is 96.8 Å². The van der Waals surface area contributed by atoms with Gasteiger partial charge in [0.2, 0.25) is 5.91 Å². The number of thioether (sulfide) groups is 1. The number of hydrogen-bond acceptors (Lipinski definition) is 3. The summed E-state index contributed by atoms with van der Waals surface area (Å²) in [5.74, 6) is 0.197. The first kappa shape index (κ1) is 12.8. The van der Waals surface area contributed by atoms with Gasteiger partial charge in [0.1, 0.15) is 0 Å². The zero-order chi connectivity index (χ0) is 11.1. The van der Waals surface area contributed by atoms with Crippen LogP contribution >= 0.6 is 11.8 Å². The molecule has 1 saturated carbocycles. The monoisotopic (exact) mass is 230 g/mol. The highest BCUT2D eigenvalue weighted by molar-refractivity contribution is 7.99. The molecule has 1 atom stereocenters. The summed E-state index contributed by atoms with van der Waals surface area (Å²) in [5, 5.41) is 6.99. The summed E-state index contributed by atoms with van der Waals surface area (Å²) in [6.45, 7) is 4.05. The van der Waals surface area contributed by atoms with Gasteiger partial charge in [0, 0.05) is 24.3 Å². The normalized spacial score (nSPS) is 17.5. The fraction of sp³-hybridized carbons (Fsp3) is 0.909. The SMILES string of the molecule is CSC(C)CCNCCC(=O)NC1CC1. The van der Waals surface area contributed by atoms with E-state index >= 15 is 0 Å². The Morgan fingerprint density at radius 3 is 2.80 bits per heavy atom. The molecule has 2 N–H and O–H groups in total. The summed E-state index contributed by atoms with van der Waals surface area (Å²) in [6.07, 6.45) is 6.26. The maximum absolute atomic E-state index is 11.3. The first-order valence-electron chi connectivity index (χ1n) is 5.75. The summed E-state index contributed by atoms with van der Waals surface area (Å²) >= 11 is 1.89. The van der Waals surface area contributed by atoms with E-state index in [9.17, 15) is 4.79 Å². The molecule has 0 aromatic heterocycles. The smallest absolute Gasteiger partial charge is 0.221 e. The molecule has 15 heavy (non-hydrogen) atoms. The van der Waals surface area contributed by atoms with E-state index in [1.54, 1.807) is 0 Å². The van der Waals surface area contributed by atoms with Crippen molar-refractivity contribution in [2.45, 2.75) is 43.9 Å². The molecule has 0 radical (unpaired) electrons. The molecular formula is C11H22N2OS. The number of carbonyl (C=O) groups is 1. The molecule has 1 aliphatic carbocycles. The molecule has 0 saturated heterocycles. The van der Waals surface area contributed by atoms with E-state index < -0.39 is 0 Å². The predicted octanol–water partition coefficient (Wildman–Crippen LogP) is 1.39. The number of amides is 1. The van der Waals surface area contributed by atoms with E-state index in [-0.39, 0.29) is 5.91 Å². The summed E-state index contributed by atoms with van der Waals surface area (Å²) in [7, 11) is 0. The Balaban J connectivity index is 1.85. The van der Waals surface area contributed by atoms with E-state index in [2.05, 4.69) is 23.8 Å². The van der Waals surface area contributed by atoms with Gasteiger partial charge in [0.15, 0.2) is 0 Å². The first-order chi connectivity index (χ1) is 7.22. The van der Waals surface area contributed by atoms with E-state index in [1.807, 2.05) is 11.8 Å². The van der Waals surface area contributed by atoms with E-state index in [0.717, 1.165) is 13.1 Å². The maximum atomic E-state index is 11.3. The van der Waals surface area contributed by atoms with Gasteiger partial charge in [0.25, 0.3) is 0 Å². The van der Waals surface area contributed by atoms with Crippen LogP contribution in [-0.4, -0.2) is 36.5 Å². The van der Waals surface area contributed by atoms with Gasteiger partial charge < -0.3 is 10.6 Å². The number of carbonyl (C=O) groups excluding carboxylic acids is 1.